The third kappa shape index (κ3) is 4.58. The summed E-state index contributed by atoms with van der Waals surface area (Å²) >= 11 is 0. The van der Waals surface area contributed by atoms with Crippen LogP contribution in [-0.2, 0) is 16.1 Å². The van der Waals surface area contributed by atoms with E-state index in [4.69, 9.17) is 4.74 Å². The normalized spacial score (nSPS) is 10.1. The second kappa shape index (κ2) is 7.21. The number of anilines is 2. The number of nitrogens with one attached hydrogen (secondary N) is 2. The SMILES string of the molecule is CCOC(=O)Nc1cn(CC(=O)Nc2cccc(C)c2)nn1. The summed E-state index contributed by atoms with van der Waals surface area (Å²) in [6.07, 6.45) is 0.839. The maximum absolute atomic E-state index is 11.9. The van der Waals surface area contributed by atoms with Gasteiger partial charge in [-0.15, -0.1) is 5.10 Å². The van der Waals surface area contributed by atoms with Crippen molar-refractivity contribution in [1.29, 1.82) is 0 Å². The van der Waals surface area contributed by atoms with E-state index in [1.807, 2.05) is 25.1 Å². The second-order valence-corrected chi connectivity index (χ2v) is 4.56. The fourth-order valence-corrected chi connectivity index (χ4v) is 1.78. The number of carbonyl (C=O) groups is 2. The first-order valence-electron chi connectivity index (χ1n) is 6.77. The first-order chi connectivity index (χ1) is 10.6. The highest BCUT2D eigenvalue weighted by atomic mass is 16.5. The number of ether oxygens (including phenoxy) is 1. The highest BCUT2D eigenvalue weighted by Crippen LogP contribution is 2.09. The second-order valence-electron chi connectivity index (χ2n) is 4.56. The van der Waals surface area contributed by atoms with Gasteiger partial charge in [0, 0.05) is 5.69 Å². The molecule has 1 heterocycles. The van der Waals surface area contributed by atoms with E-state index in [-0.39, 0.29) is 24.9 Å². The minimum atomic E-state index is -0.612. The molecule has 2 N–H and O–H groups in total. The lowest BCUT2D eigenvalue weighted by Crippen LogP contribution is -2.19. The van der Waals surface area contributed by atoms with Crippen LogP contribution in [0, 0.1) is 6.92 Å². The Labute approximate surface area is 127 Å². The Morgan fingerprint density at radius 3 is 2.86 bits per heavy atom. The predicted molar refractivity (Wildman–Crippen MR) is 80.5 cm³/mol. The van der Waals surface area contributed by atoms with E-state index >= 15 is 0 Å². The van der Waals surface area contributed by atoms with Crippen molar-refractivity contribution in [2.45, 2.75) is 20.4 Å². The third-order valence-corrected chi connectivity index (χ3v) is 2.65. The maximum atomic E-state index is 11.9. The van der Waals surface area contributed by atoms with Gasteiger partial charge in [-0.25, -0.2) is 9.48 Å². The van der Waals surface area contributed by atoms with Gasteiger partial charge < -0.3 is 10.1 Å². The first kappa shape index (κ1) is 15.5. The Bertz CT molecular complexity index is 668. The molecule has 8 heteroatoms. The average Bonchev–Trinajstić information content (AvgIpc) is 2.85. The lowest BCUT2D eigenvalue weighted by molar-refractivity contribution is -0.116. The Morgan fingerprint density at radius 1 is 1.32 bits per heavy atom. The van der Waals surface area contributed by atoms with Crippen molar-refractivity contribution in [3.8, 4) is 0 Å². The molecule has 2 amide bonds. The Hall–Kier alpha value is -2.90. The smallest absolute Gasteiger partial charge is 0.412 e. The Morgan fingerprint density at radius 2 is 2.14 bits per heavy atom. The standard InChI is InChI=1S/C14H17N5O3/c1-3-22-14(21)16-12-8-19(18-17-12)9-13(20)15-11-6-4-5-10(2)7-11/h4-8H,3,9H2,1-2H3,(H,15,20)(H,16,21). The van der Waals surface area contributed by atoms with Crippen molar-refractivity contribution in [2.24, 2.45) is 0 Å². The van der Waals surface area contributed by atoms with Gasteiger partial charge in [-0.05, 0) is 31.5 Å². The van der Waals surface area contributed by atoms with Gasteiger partial charge in [-0.3, -0.25) is 10.1 Å². The van der Waals surface area contributed by atoms with Crippen molar-refractivity contribution < 1.29 is 14.3 Å². The van der Waals surface area contributed by atoms with Crippen molar-refractivity contribution in [3.63, 3.8) is 0 Å². The molecule has 0 bridgehead atoms. The van der Waals surface area contributed by atoms with Crippen LogP contribution in [0.1, 0.15) is 12.5 Å². The van der Waals surface area contributed by atoms with E-state index in [9.17, 15) is 9.59 Å². The van der Waals surface area contributed by atoms with Crippen LogP contribution >= 0.6 is 0 Å². The zero-order chi connectivity index (χ0) is 15.9. The molecule has 0 saturated heterocycles. The molecule has 0 aliphatic carbocycles. The lowest BCUT2D eigenvalue weighted by atomic mass is 10.2. The number of nitrogens with zero attached hydrogens (tertiary/aromatic N) is 3. The first-order valence-corrected chi connectivity index (χ1v) is 6.77. The molecule has 8 nitrogen and oxygen atoms in total. The summed E-state index contributed by atoms with van der Waals surface area (Å²) in [6, 6.07) is 7.48. The summed E-state index contributed by atoms with van der Waals surface area (Å²) in [7, 11) is 0. The minimum absolute atomic E-state index is 0.00848. The van der Waals surface area contributed by atoms with Gasteiger partial charge in [0.15, 0.2) is 5.82 Å². The summed E-state index contributed by atoms with van der Waals surface area (Å²) in [6.45, 7) is 3.90. The number of carbonyl (C=O) groups excluding carboxylic acids is 2. The van der Waals surface area contributed by atoms with Gasteiger partial charge in [-0.1, -0.05) is 17.3 Å². The summed E-state index contributed by atoms with van der Waals surface area (Å²) in [5.41, 5.74) is 1.77. The predicted octanol–water partition coefficient (Wildman–Crippen LogP) is 1.79. The van der Waals surface area contributed by atoms with Gasteiger partial charge in [0.1, 0.15) is 6.54 Å². The van der Waals surface area contributed by atoms with Crippen LogP contribution in [0.2, 0.25) is 0 Å². The Balaban J connectivity index is 1.89. The molecule has 2 rings (SSSR count). The third-order valence-electron chi connectivity index (χ3n) is 2.65. The maximum Gasteiger partial charge on any atom is 0.412 e. The molecule has 1 aromatic heterocycles. The average molecular weight is 303 g/mol. The van der Waals surface area contributed by atoms with Crippen molar-refractivity contribution in [3.05, 3.63) is 36.0 Å². The van der Waals surface area contributed by atoms with Gasteiger partial charge in [0.2, 0.25) is 5.91 Å². The van der Waals surface area contributed by atoms with E-state index in [1.165, 1.54) is 10.9 Å². The number of amides is 2. The van der Waals surface area contributed by atoms with E-state index in [0.29, 0.717) is 0 Å². The molecule has 22 heavy (non-hydrogen) atoms. The molecule has 2 aromatic rings. The molecular formula is C14H17N5O3. The van der Waals surface area contributed by atoms with Crippen molar-refractivity contribution in [2.75, 3.05) is 17.2 Å². The van der Waals surface area contributed by atoms with Gasteiger partial charge >= 0.3 is 6.09 Å². The molecule has 0 spiro atoms. The van der Waals surface area contributed by atoms with Crippen LogP contribution in [-0.4, -0.2) is 33.6 Å². The van der Waals surface area contributed by atoms with E-state index < -0.39 is 6.09 Å². The molecular weight excluding hydrogens is 286 g/mol. The van der Waals surface area contributed by atoms with Crippen LogP contribution in [0.25, 0.3) is 0 Å². The van der Waals surface area contributed by atoms with Crippen molar-refractivity contribution in [1.82, 2.24) is 15.0 Å². The summed E-state index contributed by atoms with van der Waals surface area (Å²) in [4.78, 5) is 23.1. The molecule has 0 fully saturated rings. The molecule has 0 aliphatic rings. The summed E-state index contributed by atoms with van der Waals surface area (Å²) in [5, 5.41) is 12.7. The molecule has 0 radical (unpaired) electrons. The lowest BCUT2D eigenvalue weighted by Gasteiger charge is -2.05. The van der Waals surface area contributed by atoms with E-state index in [1.54, 1.807) is 13.0 Å². The molecule has 0 saturated carbocycles. The molecule has 0 unspecified atom stereocenters. The zero-order valence-electron chi connectivity index (χ0n) is 12.4. The minimum Gasteiger partial charge on any atom is -0.450 e. The molecule has 0 aliphatic heterocycles. The number of hydrogen-bond acceptors (Lipinski definition) is 5. The highest BCUT2D eigenvalue weighted by molar-refractivity contribution is 5.90. The van der Waals surface area contributed by atoms with Crippen LogP contribution in [0.4, 0.5) is 16.3 Å². The number of aromatic nitrogens is 3. The molecule has 0 atom stereocenters. The number of hydrogen-bond donors (Lipinski definition) is 2. The highest BCUT2D eigenvalue weighted by Gasteiger charge is 2.09. The number of benzene rings is 1. The van der Waals surface area contributed by atoms with Gasteiger partial charge in [0.05, 0.1) is 12.8 Å². The van der Waals surface area contributed by atoms with Crippen LogP contribution in [0.15, 0.2) is 30.5 Å². The largest absolute Gasteiger partial charge is 0.450 e. The summed E-state index contributed by atoms with van der Waals surface area (Å²) < 4.78 is 6.05. The van der Waals surface area contributed by atoms with E-state index in [2.05, 4.69) is 20.9 Å². The van der Waals surface area contributed by atoms with E-state index in [0.717, 1.165) is 11.3 Å². The zero-order valence-corrected chi connectivity index (χ0v) is 12.4. The molecule has 116 valence electrons. The van der Waals surface area contributed by atoms with Crippen LogP contribution in [0.3, 0.4) is 0 Å². The Kier molecular flexibility index (Phi) is 5.07. The van der Waals surface area contributed by atoms with Crippen LogP contribution in [0.5, 0.6) is 0 Å². The number of aryl methyl sites for hydroxylation is 1. The van der Waals surface area contributed by atoms with Gasteiger partial charge in [-0.2, -0.15) is 0 Å². The fourth-order valence-electron chi connectivity index (χ4n) is 1.78. The van der Waals surface area contributed by atoms with Gasteiger partial charge in [0.25, 0.3) is 0 Å². The number of rotatable bonds is 5. The quantitative estimate of drug-likeness (QED) is 0.877. The van der Waals surface area contributed by atoms with Crippen LogP contribution < -0.4 is 10.6 Å². The topological polar surface area (TPSA) is 98.1 Å². The monoisotopic (exact) mass is 303 g/mol. The van der Waals surface area contributed by atoms with Crippen molar-refractivity contribution >= 4 is 23.5 Å². The molecule has 1 aromatic carbocycles. The summed E-state index contributed by atoms with van der Waals surface area (Å²) in [5.74, 6) is -0.0139. The fraction of sp³-hybridized carbons (Fsp3) is 0.286.